The lowest BCUT2D eigenvalue weighted by atomic mass is 10.3. The maximum Gasteiger partial charge on any atom is 0.312 e. The lowest BCUT2D eigenvalue weighted by Crippen LogP contribution is -1.99. The van der Waals surface area contributed by atoms with E-state index in [4.69, 9.17) is 21.1 Å². The molecule has 0 spiro atoms. The Morgan fingerprint density at radius 2 is 2.36 bits per heavy atom. The molecule has 4 nitrogen and oxygen atoms in total. The molecular formula is C9H6ClNO3. The zero-order chi connectivity index (χ0) is 10.1. The van der Waals surface area contributed by atoms with Crippen LogP contribution in [-0.2, 0) is 11.2 Å². The molecule has 72 valence electrons. The molecule has 0 fully saturated rings. The fourth-order valence-corrected chi connectivity index (χ4v) is 1.37. The van der Waals surface area contributed by atoms with Crippen molar-refractivity contribution in [3.63, 3.8) is 0 Å². The maximum atomic E-state index is 10.4. The number of carbonyl (C=O) groups is 1. The smallest absolute Gasteiger partial charge is 0.312 e. The molecule has 0 amide bonds. The van der Waals surface area contributed by atoms with Crippen LogP contribution >= 0.6 is 11.6 Å². The van der Waals surface area contributed by atoms with Gasteiger partial charge >= 0.3 is 5.97 Å². The number of hydrogen-bond donors (Lipinski definition) is 1. The Bertz CT molecular complexity index is 492. The molecular weight excluding hydrogens is 206 g/mol. The van der Waals surface area contributed by atoms with E-state index in [2.05, 4.69) is 4.98 Å². The van der Waals surface area contributed by atoms with Gasteiger partial charge in [0.2, 0.25) is 5.89 Å². The van der Waals surface area contributed by atoms with Crippen LogP contribution in [0.4, 0.5) is 0 Å². The van der Waals surface area contributed by atoms with Gasteiger partial charge in [-0.1, -0.05) is 17.7 Å². The molecule has 2 rings (SSSR count). The second-order valence-corrected chi connectivity index (χ2v) is 3.17. The highest BCUT2D eigenvalue weighted by Gasteiger charge is 2.10. The summed E-state index contributed by atoms with van der Waals surface area (Å²) in [5.74, 6) is -0.812. The van der Waals surface area contributed by atoms with Gasteiger partial charge in [0.15, 0.2) is 5.58 Å². The molecule has 0 saturated carbocycles. The minimum Gasteiger partial charge on any atom is -0.481 e. The molecule has 0 radical (unpaired) electrons. The van der Waals surface area contributed by atoms with Crippen molar-refractivity contribution in [2.75, 3.05) is 0 Å². The van der Waals surface area contributed by atoms with Gasteiger partial charge in [0.25, 0.3) is 0 Å². The molecule has 1 heterocycles. The SMILES string of the molecule is O=C(O)Cc1nc2c(Cl)cccc2o1. The number of aliphatic carboxylic acids is 1. The van der Waals surface area contributed by atoms with Gasteiger partial charge in [-0.25, -0.2) is 4.98 Å². The van der Waals surface area contributed by atoms with Gasteiger partial charge in [0, 0.05) is 0 Å². The molecule has 1 aromatic heterocycles. The number of aromatic nitrogens is 1. The van der Waals surface area contributed by atoms with Crippen molar-refractivity contribution in [1.29, 1.82) is 0 Å². The average Bonchev–Trinajstić information content (AvgIpc) is 2.47. The highest BCUT2D eigenvalue weighted by atomic mass is 35.5. The molecule has 0 aliphatic heterocycles. The van der Waals surface area contributed by atoms with Crippen molar-refractivity contribution in [1.82, 2.24) is 4.98 Å². The summed E-state index contributed by atoms with van der Waals surface area (Å²) in [6.45, 7) is 0. The summed E-state index contributed by atoms with van der Waals surface area (Å²) in [4.78, 5) is 14.4. The van der Waals surface area contributed by atoms with Crippen molar-refractivity contribution < 1.29 is 14.3 Å². The average molecular weight is 212 g/mol. The Morgan fingerprint density at radius 1 is 1.57 bits per heavy atom. The summed E-state index contributed by atoms with van der Waals surface area (Å²) in [6.07, 6.45) is -0.231. The summed E-state index contributed by atoms with van der Waals surface area (Å²) in [7, 11) is 0. The normalized spacial score (nSPS) is 10.6. The lowest BCUT2D eigenvalue weighted by molar-refractivity contribution is -0.136. The van der Waals surface area contributed by atoms with Crippen LogP contribution in [-0.4, -0.2) is 16.1 Å². The third-order valence-electron chi connectivity index (χ3n) is 1.72. The minimum atomic E-state index is -0.979. The van der Waals surface area contributed by atoms with Crippen LogP contribution in [0.1, 0.15) is 5.89 Å². The number of para-hydroxylation sites is 1. The van der Waals surface area contributed by atoms with Crippen LogP contribution in [0.25, 0.3) is 11.1 Å². The predicted octanol–water partition coefficient (Wildman–Crippen LogP) is 2.11. The number of halogens is 1. The first-order chi connectivity index (χ1) is 6.66. The van der Waals surface area contributed by atoms with Crippen molar-refractivity contribution in [2.24, 2.45) is 0 Å². The fourth-order valence-electron chi connectivity index (χ4n) is 1.17. The Morgan fingerprint density at radius 3 is 3.00 bits per heavy atom. The van der Waals surface area contributed by atoms with E-state index in [0.29, 0.717) is 16.1 Å². The molecule has 0 bridgehead atoms. The van der Waals surface area contributed by atoms with E-state index in [-0.39, 0.29) is 12.3 Å². The summed E-state index contributed by atoms with van der Waals surface area (Å²) in [6, 6.07) is 5.09. The van der Waals surface area contributed by atoms with Crippen LogP contribution in [0.2, 0.25) is 5.02 Å². The van der Waals surface area contributed by atoms with Crippen molar-refractivity contribution in [3.8, 4) is 0 Å². The van der Waals surface area contributed by atoms with Gasteiger partial charge in [0.1, 0.15) is 11.9 Å². The van der Waals surface area contributed by atoms with E-state index in [1.54, 1.807) is 18.2 Å². The largest absolute Gasteiger partial charge is 0.481 e. The van der Waals surface area contributed by atoms with Crippen LogP contribution in [0, 0.1) is 0 Å². The number of rotatable bonds is 2. The number of carboxylic acid groups (broad SMARTS) is 1. The highest BCUT2D eigenvalue weighted by Crippen LogP contribution is 2.23. The Labute approximate surface area is 84.1 Å². The first kappa shape index (κ1) is 9.02. The third-order valence-corrected chi connectivity index (χ3v) is 2.02. The molecule has 5 heteroatoms. The monoisotopic (exact) mass is 211 g/mol. The fraction of sp³-hybridized carbons (Fsp3) is 0.111. The zero-order valence-electron chi connectivity index (χ0n) is 7.03. The molecule has 1 aromatic carbocycles. The van der Waals surface area contributed by atoms with Crippen molar-refractivity contribution >= 4 is 28.7 Å². The number of oxazole rings is 1. The third kappa shape index (κ3) is 1.56. The summed E-state index contributed by atoms with van der Waals surface area (Å²) in [5, 5.41) is 8.99. The van der Waals surface area contributed by atoms with Crippen LogP contribution < -0.4 is 0 Å². The molecule has 0 aliphatic rings. The molecule has 2 aromatic rings. The molecule has 0 atom stereocenters. The van der Waals surface area contributed by atoms with E-state index in [0.717, 1.165) is 0 Å². The predicted molar refractivity (Wildman–Crippen MR) is 50.4 cm³/mol. The molecule has 0 aliphatic carbocycles. The second kappa shape index (κ2) is 3.31. The van der Waals surface area contributed by atoms with Crippen LogP contribution in [0.15, 0.2) is 22.6 Å². The summed E-state index contributed by atoms with van der Waals surface area (Å²) in [5.41, 5.74) is 1.01. The van der Waals surface area contributed by atoms with Crippen molar-refractivity contribution in [2.45, 2.75) is 6.42 Å². The Kier molecular flexibility index (Phi) is 2.13. The van der Waals surface area contributed by atoms with Crippen LogP contribution in [0.3, 0.4) is 0 Å². The number of nitrogens with zero attached hydrogens (tertiary/aromatic N) is 1. The first-order valence-electron chi connectivity index (χ1n) is 3.92. The lowest BCUT2D eigenvalue weighted by Gasteiger charge is -1.86. The number of benzene rings is 1. The number of hydrogen-bond acceptors (Lipinski definition) is 3. The zero-order valence-corrected chi connectivity index (χ0v) is 7.78. The highest BCUT2D eigenvalue weighted by molar-refractivity contribution is 6.34. The molecule has 0 unspecified atom stereocenters. The van der Waals surface area contributed by atoms with Gasteiger partial charge in [-0.3, -0.25) is 4.79 Å². The maximum absolute atomic E-state index is 10.4. The molecule has 0 saturated heterocycles. The van der Waals surface area contributed by atoms with E-state index in [1.165, 1.54) is 0 Å². The number of fused-ring (bicyclic) bond motifs is 1. The summed E-state index contributed by atoms with van der Waals surface area (Å²) >= 11 is 5.84. The minimum absolute atomic E-state index is 0.167. The number of carboxylic acids is 1. The standard InChI is InChI=1S/C9H6ClNO3/c10-5-2-1-3-6-9(5)11-7(14-6)4-8(12)13/h1-3H,4H2,(H,12,13). The van der Waals surface area contributed by atoms with E-state index in [1.807, 2.05) is 0 Å². The molecule has 14 heavy (non-hydrogen) atoms. The van der Waals surface area contributed by atoms with E-state index in [9.17, 15) is 4.79 Å². The van der Waals surface area contributed by atoms with E-state index < -0.39 is 5.97 Å². The Balaban J connectivity index is 2.51. The van der Waals surface area contributed by atoms with Crippen molar-refractivity contribution in [3.05, 3.63) is 29.1 Å². The van der Waals surface area contributed by atoms with Gasteiger partial charge in [-0.15, -0.1) is 0 Å². The molecule has 1 N–H and O–H groups in total. The van der Waals surface area contributed by atoms with E-state index >= 15 is 0 Å². The van der Waals surface area contributed by atoms with Gasteiger partial charge < -0.3 is 9.52 Å². The van der Waals surface area contributed by atoms with Gasteiger partial charge in [0.05, 0.1) is 5.02 Å². The Hall–Kier alpha value is -1.55. The van der Waals surface area contributed by atoms with Gasteiger partial charge in [-0.2, -0.15) is 0 Å². The second-order valence-electron chi connectivity index (χ2n) is 2.76. The quantitative estimate of drug-likeness (QED) is 0.826. The van der Waals surface area contributed by atoms with Gasteiger partial charge in [-0.05, 0) is 12.1 Å². The van der Waals surface area contributed by atoms with Crippen LogP contribution in [0.5, 0.6) is 0 Å². The summed E-state index contributed by atoms with van der Waals surface area (Å²) < 4.78 is 5.18. The topological polar surface area (TPSA) is 63.3 Å². The first-order valence-corrected chi connectivity index (χ1v) is 4.30.